The van der Waals surface area contributed by atoms with E-state index in [1.807, 2.05) is 5.38 Å². The molecular weight excluding hydrogens is 227 g/mol. The molecule has 0 bridgehead atoms. The number of hydrogen-bond donors (Lipinski definition) is 1. The Morgan fingerprint density at radius 3 is 2.88 bits per heavy atom. The SMILES string of the molecule is COc1ccc(-c2nc(CN)cs2)c(F)c1. The molecule has 0 spiro atoms. The summed E-state index contributed by atoms with van der Waals surface area (Å²) in [7, 11) is 1.50. The molecule has 0 unspecified atom stereocenters. The molecule has 0 amide bonds. The van der Waals surface area contributed by atoms with Crippen molar-refractivity contribution in [2.75, 3.05) is 7.11 Å². The topological polar surface area (TPSA) is 48.1 Å². The van der Waals surface area contributed by atoms with Gasteiger partial charge in [-0.15, -0.1) is 11.3 Å². The third kappa shape index (κ3) is 2.05. The molecule has 1 aromatic carbocycles. The summed E-state index contributed by atoms with van der Waals surface area (Å²) in [4.78, 5) is 4.23. The molecule has 1 heterocycles. The van der Waals surface area contributed by atoms with Gasteiger partial charge in [-0.3, -0.25) is 0 Å². The van der Waals surface area contributed by atoms with E-state index in [1.165, 1.54) is 24.5 Å². The molecule has 0 aliphatic heterocycles. The lowest BCUT2D eigenvalue weighted by Crippen LogP contribution is -1.96. The van der Waals surface area contributed by atoms with Crippen molar-refractivity contribution in [3.63, 3.8) is 0 Å². The van der Waals surface area contributed by atoms with Crippen molar-refractivity contribution in [3.8, 4) is 16.3 Å². The fourth-order valence-electron chi connectivity index (χ4n) is 1.32. The predicted molar refractivity (Wildman–Crippen MR) is 62.0 cm³/mol. The van der Waals surface area contributed by atoms with Crippen LogP contribution >= 0.6 is 11.3 Å². The molecule has 0 radical (unpaired) electrons. The van der Waals surface area contributed by atoms with Gasteiger partial charge in [-0.25, -0.2) is 9.37 Å². The maximum absolute atomic E-state index is 13.7. The highest BCUT2D eigenvalue weighted by Gasteiger charge is 2.10. The van der Waals surface area contributed by atoms with Crippen molar-refractivity contribution in [2.45, 2.75) is 6.54 Å². The van der Waals surface area contributed by atoms with Crippen LogP contribution in [0, 0.1) is 5.82 Å². The normalized spacial score (nSPS) is 10.4. The number of nitrogens with two attached hydrogens (primary N) is 1. The number of benzene rings is 1. The minimum Gasteiger partial charge on any atom is -0.497 e. The second-order valence-electron chi connectivity index (χ2n) is 3.19. The van der Waals surface area contributed by atoms with Gasteiger partial charge in [-0.05, 0) is 12.1 Å². The quantitative estimate of drug-likeness (QED) is 0.893. The fourth-order valence-corrected chi connectivity index (χ4v) is 2.18. The predicted octanol–water partition coefficient (Wildman–Crippen LogP) is 2.42. The van der Waals surface area contributed by atoms with Gasteiger partial charge >= 0.3 is 0 Å². The maximum atomic E-state index is 13.7. The van der Waals surface area contributed by atoms with Crippen molar-refractivity contribution in [1.29, 1.82) is 0 Å². The van der Waals surface area contributed by atoms with E-state index in [0.29, 0.717) is 22.9 Å². The molecule has 3 nitrogen and oxygen atoms in total. The summed E-state index contributed by atoms with van der Waals surface area (Å²) >= 11 is 1.38. The largest absolute Gasteiger partial charge is 0.497 e. The highest BCUT2D eigenvalue weighted by atomic mass is 32.1. The van der Waals surface area contributed by atoms with Crippen LogP contribution in [0.2, 0.25) is 0 Å². The van der Waals surface area contributed by atoms with E-state index in [0.717, 1.165) is 5.69 Å². The van der Waals surface area contributed by atoms with Crippen LogP contribution in [0.15, 0.2) is 23.6 Å². The summed E-state index contributed by atoms with van der Waals surface area (Å²) < 4.78 is 18.6. The lowest BCUT2D eigenvalue weighted by Gasteiger charge is -2.02. The molecule has 0 aliphatic rings. The van der Waals surface area contributed by atoms with Gasteiger partial charge < -0.3 is 10.5 Å². The van der Waals surface area contributed by atoms with E-state index in [4.69, 9.17) is 10.5 Å². The van der Waals surface area contributed by atoms with Gasteiger partial charge in [0.05, 0.1) is 12.8 Å². The van der Waals surface area contributed by atoms with Gasteiger partial charge in [0.15, 0.2) is 0 Å². The summed E-state index contributed by atoms with van der Waals surface area (Å²) in [6.45, 7) is 0.369. The van der Waals surface area contributed by atoms with Crippen LogP contribution in [-0.4, -0.2) is 12.1 Å². The molecule has 2 aromatic rings. The van der Waals surface area contributed by atoms with Crippen LogP contribution in [0.4, 0.5) is 4.39 Å². The second kappa shape index (κ2) is 4.59. The van der Waals surface area contributed by atoms with Crippen LogP contribution in [0.25, 0.3) is 10.6 Å². The molecule has 0 fully saturated rings. The Hall–Kier alpha value is -1.46. The Morgan fingerprint density at radius 1 is 1.50 bits per heavy atom. The van der Waals surface area contributed by atoms with Gasteiger partial charge in [0, 0.05) is 23.6 Å². The number of halogens is 1. The molecule has 0 aliphatic carbocycles. The maximum Gasteiger partial charge on any atom is 0.137 e. The first-order chi connectivity index (χ1) is 7.74. The Labute approximate surface area is 96.7 Å². The first-order valence-electron chi connectivity index (χ1n) is 4.73. The lowest BCUT2D eigenvalue weighted by atomic mass is 10.2. The zero-order valence-electron chi connectivity index (χ0n) is 8.74. The summed E-state index contributed by atoms with van der Waals surface area (Å²) in [6, 6.07) is 4.72. The molecule has 2 N–H and O–H groups in total. The van der Waals surface area contributed by atoms with Crippen LogP contribution in [0.5, 0.6) is 5.75 Å². The molecule has 1 aromatic heterocycles. The minimum absolute atomic E-state index is 0.336. The van der Waals surface area contributed by atoms with Crippen LogP contribution in [0.1, 0.15) is 5.69 Å². The van der Waals surface area contributed by atoms with E-state index in [1.54, 1.807) is 12.1 Å². The van der Waals surface area contributed by atoms with Crippen molar-refractivity contribution < 1.29 is 9.13 Å². The molecule has 0 saturated carbocycles. The highest BCUT2D eigenvalue weighted by Crippen LogP contribution is 2.28. The summed E-state index contributed by atoms with van der Waals surface area (Å²) in [6.07, 6.45) is 0. The van der Waals surface area contributed by atoms with Gasteiger partial charge in [0.1, 0.15) is 16.6 Å². The fraction of sp³-hybridized carbons (Fsp3) is 0.182. The van der Waals surface area contributed by atoms with Crippen molar-refractivity contribution in [2.24, 2.45) is 5.73 Å². The number of hydrogen-bond acceptors (Lipinski definition) is 4. The molecule has 84 valence electrons. The number of nitrogens with zero attached hydrogens (tertiary/aromatic N) is 1. The minimum atomic E-state index is -0.336. The third-order valence-corrected chi connectivity index (χ3v) is 3.09. The Kier molecular flexibility index (Phi) is 3.17. The van der Waals surface area contributed by atoms with E-state index in [9.17, 15) is 4.39 Å². The highest BCUT2D eigenvalue weighted by molar-refractivity contribution is 7.13. The monoisotopic (exact) mass is 238 g/mol. The number of aromatic nitrogens is 1. The summed E-state index contributed by atoms with van der Waals surface area (Å²) in [5, 5.41) is 2.47. The Balaban J connectivity index is 2.40. The first-order valence-corrected chi connectivity index (χ1v) is 5.61. The first kappa shape index (κ1) is 11.0. The van der Waals surface area contributed by atoms with Crippen LogP contribution in [0.3, 0.4) is 0 Å². The number of thiazole rings is 1. The molecule has 0 saturated heterocycles. The smallest absolute Gasteiger partial charge is 0.137 e. The average molecular weight is 238 g/mol. The van der Waals surface area contributed by atoms with Crippen molar-refractivity contribution in [1.82, 2.24) is 4.98 Å². The van der Waals surface area contributed by atoms with Crippen LogP contribution in [-0.2, 0) is 6.54 Å². The van der Waals surface area contributed by atoms with Gasteiger partial charge in [0.2, 0.25) is 0 Å². The van der Waals surface area contributed by atoms with Crippen LogP contribution < -0.4 is 10.5 Å². The molecule has 16 heavy (non-hydrogen) atoms. The summed E-state index contributed by atoms with van der Waals surface area (Å²) in [5.41, 5.74) is 6.71. The van der Waals surface area contributed by atoms with Crippen molar-refractivity contribution in [3.05, 3.63) is 35.1 Å². The van der Waals surface area contributed by atoms with E-state index >= 15 is 0 Å². The van der Waals surface area contributed by atoms with E-state index in [-0.39, 0.29) is 5.82 Å². The Morgan fingerprint density at radius 2 is 2.31 bits per heavy atom. The average Bonchev–Trinajstić information content (AvgIpc) is 2.77. The standard InChI is InChI=1S/C11H11FN2OS/c1-15-8-2-3-9(10(12)4-8)11-14-7(5-13)6-16-11/h2-4,6H,5,13H2,1H3. The lowest BCUT2D eigenvalue weighted by molar-refractivity contribution is 0.411. The Bertz CT molecular complexity index is 498. The second-order valence-corrected chi connectivity index (χ2v) is 4.05. The molecule has 0 atom stereocenters. The van der Waals surface area contributed by atoms with Gasteiger partial charge in [0.25, 0.3) is 0 Å². The zero-order valence-corrected chi connectivity index (χ0v) is 9.55. The number of methoxy groups -OCH3 is 1. The summed E-state index contributed by atoms with van der Waals surface area (Å²) in [5.74, 6) is 0.161. The number of rotatable bonds is 3. The molecular formula is C11H11FN2OS. The van der Waals surface area contributed by atoms with Crippen molar-refractivity contribution >= 4 is 11.3 Å². The zero-order chi connectivity index (χ0) is 11.5. The molecule has 2 rings (SSSR count). The molecule has 5 heteroatoms. The van der Waals surface area contributed by atoms with E-state index in [2.05, 4.69) is 4.98 Å². The third-order valence-electron chi connectivity index (χ3n) is 2.17. The van der Waals surface area contributed by atoms with Gasteiger partial charge in [-0.2, -0.15) is 0 Å². The van der Waals surface area contributed by atoms with Gasteiger partial charge in [-0.1, -0.05) is 0 Å². The number of ether oxygens (including phenoxy) is 1. The van der Waals surface area contributed by atoms with E-state index < -0.39 is 0 Å².